The number of rotatable bonds is 14. The van der Waals surface area contributed by atoms with Crippen LogP contribution in [-0.2, 0) is 4.79 Å². The van der Waals surface area contributed by atoms with E-state index in [1.165, 1.54) is 25.7 Å². The van der Waals surface area contributed by atoms with Crippen LogP contribution in [-0.4, -0.2) is 33.8 Å². The Morgan fingerprint density at radius 1 is 1.05 bits per heavy atom. The number of aliphatic hydroxyl groups excluding tert-OH is 1. The summed E-state index contributed by atoms with van der Waals surface area (Å²) in [5.74, 6) is 7.40. The van der Waals surface area contributed by atoms with Crippen molar-refractivity contribution < 1.29 is 15.0 Å². The van der Waals surface area contributed by atoms with Gasteiger partial charge in [0.15, 0.2) is 0 Å². The van der Waals surface area contributed by atoms with Gasteiger partial charge in [-0.25, -0.2) is 0 Å². The van der Waals surface area contributed by atoms with Crippen molar-refractivity contribution in [1.82, 2.24) is 0 Å². The van der Waals surface area contributed by atoms with Crippen LogP contribution >= 0.6 is 11.8 Å². The standard InChI is InChI=1S/C18H32O3S/c1-2-3-12-17(19)13-9-7-5-4-6-8-10-15-22-16-11-14-18(20)21/h17,19H,2-8,10-12,14-16H2,1H3,(H,20,21). The first-order valence-electron chi connectivity index (χ1n) is 8.62. The normalized spacial score (nSPS) is 11.7. The van der Waals surface area contributed by atoms with Crippen molar-refractivity contribution in [3.8, 4) is 11.8 Å². The second kappa shape index (κ2) is 16.7. The molecule has 1 unspecified atom stereocenters. The van der Waals surface area contributed by atoms with E-state index in [9.17, 15) is 9.90 Å². The van der Waals surface area contributed by atoms with Gasteiger partial charge in [0.2, 0.25) is 0 Å². The molecule has 0 aliphatic rings. The van der Waals surface area contributed by atoms with Gasteiger partial charge in [0.25, 0.3) is 0 Å². The second-order valence-corrected chi connectivity index (χ2v) is 6.83. The van der Waals surface area contributed by atoms with Gasteiger partial charge >= 0.3 is 5.97 Å². The van der Waals surface area contributed by atoms with Gasteiger partial charge in [-0.3, -0.25) is 4.79 Å². The van der Waals surface area contributed by atoms with E-state index in [1.54, 1.807) is 0 Å². The lowest BCUT2D eigenvalue weighted by molar-refractivity contribution is -0.137. The highest BCUT2D eigenvalue weighted by Crippen LogP contribution is 2.11. The SMILES string of the molecule is CCCCC(O)C#CCCCCCCCSCCCC(=O)O. The summed E-state index contributed by atoms with van der Waals surface area (Å²) in [5.41, 5.74) is 0. The van der Waals surface area contributed by atoms with Crippen LogP contribution in [0.1, 0.15) is 77.6 Å². The van der Waals surface area contributed by atoms with Gasteiger partial charge < -0.3 is 10.2 Å². The van der Waals surface area contributed by atoms with Crippen LogP contribution in [0.3, 0.4) is 0 Å². The first-order chi connectivity index (χ1) is 10.7. The number of aliphatic carboxylic acids is 1. The fourth-order valence-corrected chi connectivity index (χ4v) is 3.00. The van der Waals surface area contributed by atoms with Crippen molar-refractivity contribution >= 4 is 17.7 Å². The van der Waals surface area contributed by atoms with Crippen LogP contribution in [0.25, 0.3) is 0 Å². The van der Waals surface area contributed by atoms with Crippen molar-refractivity contribution in [3.63, 3.8) is 0 Å². The molecule has 0 aromatic rings. The van der Waals surface area contributed by atoms with Gasteiger partial charge in [-0.2, -0.15) is 11.8 Å². The molecule has 0 aromatic carbocycles. The Hall–Kier alpha value is -0.660. The highest BCUT2D eigenvalue weighted by molar-refractivity contribution is 7.99. The number of thioether (sulfide) groups is 1. The Bertz CT molecular complexity index is 320. The summed E-state index contributed by atoms with van der Waals surface area (Å²) in [6, 6.07) is 0. The van der Waals surface area contributed by atoms with Crippen molar-refractivity contribution in [2.24, 2.45) is 0 Å². The molecule has 3 nitrogen and oxygen atoms in total. The highest BCUT2D eigenvalue weighted by atomic mass is 32.2. The lowest BCUT2D eigenvalue weighted by Gasteiger charge is -2.01. The van der Waals surface area contributed by atoms with E-state index in [2.05, 4.69) is 18.8 Å². The molecule has 1 atom stereocenters. The zero-order valence-corrected chi connectivity index (χ0v) is 14.8. The minimum Gasteiger partial charge on any atom is -0.481 e. The lowest BCUT2D eigenvalue weighted by Crippen LogP contribution is -2.01. The summed E-state index contributed by atoms with van der Waals surface area (Å²) in [5, 5.41) is 18.1. The van der Waals surface area contributed by atoms with E-state index >= 15 is 0 Å². The van der Waals surface area contributed by atoms with Gasteiger partial charge in [0.1, 0.15) is 6.10 Å². The molecular weight excluding hydrogens is 296 g/mol. The minimum absolute atomic E-state index is 0.293. The van der Waals surface area contributed by atoms with E-state index in [0.29, 0.717) is 6.42 Å². The minimum atomic E-state index is -0.693. The van der Waals surface area contributed by atoms with Crippen LogP contribution in [0, 0.1) is 11.8 Å². The van der Waals surface area contributed by atoms with Crippen molar-refractivity contribution in [1.29, 1.82) is 0 Å². The molecule has 0 aliphatic heterocycles. The summed E-state index contributed by atoms with van der Waals surface area (Å²) in [4.78, 5) is 10.3. The number of aliphatic hydroxyl groups is 1. The first kappa shape index (κ1) is 21.3. The smallest absolute Gasteiger partial charge is 0.303 e. The van der Waals surface area contributed by atoms with Crippen LogP contribution in [0.15, 0.2) is 0 Å². The van der Waals surface area contributed by atoms with Crippen LogP contribution in [0.5, 0.6) is 0 Å². The largest absolute Gasteiger partial charge is 0.481 e. The summed E-state index contributed by atoms with van der Waals surface area (Å²) in [6.07, 6.45) is 10.5. The molecule has 22 heavy (non-hydrogen) atoms. The molecule has 0 aliphatic carbocycles. The van der Waals surface area contributed by atoms with Crippen molar-refractivity contribution in [2.45, 2.75) is 83.7 Å². The third kappa shape index (κ3) is 17.4. The molecule has 0 rings (SSSR count). The maximum atomic E-state index is 10.3. The molecule has 2 N–H and O–H groups in total. The van der Waals surface area contributed by atoms with Gasteiger partial charge in [0, 0.05) is 12.8 Å². The topological polar surface area (TPSA) is 57.5 Å². The Morgan fingerprint density at radius 3 is 2.45 bits per heavy atom. The van der Waals surface area contributed by atoms with E-state index in [4.69, 9.17) is 5.11 Å². The van der Waals surface area contributed by atoms with E-state index in [1.807, 2.05) is 11.8 Å². The molecule has 0 bridgehead atoms. The fraction of sp³-hybridized carbons (Fsp3) is 0.833. The van der Waals surface area contributed by atoms with Gasteiger partial charge in [0.05, 0.1) is 0 Å². The molecule has 0 heterocycles. The number of hydrogen-bond donors (Lipinski definition) is 2. The van der Waals surface area contributed by atoms with Crippen molar-refractivity contribution in [3.05, 3.63) is 0 Å². The van der Waals surface area contributed by atoms with Gasteiger partial charge in [-0.1, -0.05) is 44.9 Å². The molecule has 0 amide bonds. The number of carboxylic acid groups (broad SMARTS) is 1. The Morgan fingerprint density at radius 2 is 1.73 bits per heavy atom. The van der Waals surface area contributed by atoms with Crippen LogP contribution in [0.4, 0.5) is 0 Å². The molecule has 128 valence electrons. The second-order valence-electron chi connectivity index (χ2n) is 5.61. The third-order valence-electron chi connectivity index (χ3n) is 3.37. The van der Waals surface area contributed by atoms with Gasteiger partial charge in [-0.05, 0) is 37.2 Å². The molecule has 0 fully saturated rings. The summed E-state index contributed by atoms with van der Waals surface area (Å²) in [6.45, 7) is 2.12. The zero-order valence-electron chi connectivity index (χ0n) is 14.0. The zero-order chi connectivity index (χ0) is 16.5. The average molecular weight is 329 g/mol. The first-order valence-corrected chi connectivity index (χ1v) is 9.78. The predicted octanol–water partition coefficient (Wildman–Crippen LogP) is 4.48. The van der Waals surface area contributed by atoms with E-state index in [0.717, 1.165) is 50.0 Å². The molecular formula is C18H32O3S. The highest BCUT2D eigenvalue weighted by Gasteiger charge is 1.97. The fourth-order valence-electron chi connectivity index (χ4n) is 2.03. The number of carbonyl (C=O) groups is 1. The van der Waals surface area contributed by atoms with Gasteiger partial charge in [-0.15, -0.1) is 5.92 Å². The molecule has 0 saturated heterocycles. The lowest BCUT2D eigenvalue weighted by atomic mass is 10.1. The molecule has 0 radical (unpaired) electrons. The average Bonchev–Trinajstić information content (AvgIpc) is 2.49. The van der Waals surface area contributed by atoms with Crippen LogP contribution in [0.2, 0.25) is 0 Å². The third-order valence-corrected chi connectivity index (χ3v) is 4.52. The molecule has 0 saturated carbocycles. The van der Waals surface area contributed by atoms with Crippen molar-refractivity contribution in [2.75, 3.05) is 11.5 Å². The Balaban J connectivity index is 3.20. The number of unbranched alkanes of at least 4 members (excludes halogenated alkanes) is 6. The number of hydrogen-bond acceptors (Lipinski definition) is 3. The Labute approximate surface area is 140 Å². The van der Waals surface area contributed by atoms with Crippen LogP contribution < -0.4 is 0 Å². The maximum absolute atomic E-state index is 10.3. The summed E-state index contributed by atoms with van der Waals surface area (Å²) in [7, 11) is 0. The van der Waals surface area contributed by atoms with E-state index < -0.39 is 12.1 Å². The monoisotopic (exact) mass is 328 g/mol. The van der Waals surface area contributed by atoms with E-state index in [-0.39, 0.29) is 0 Å². The quantitative estimate of drug-likeness (QED) is 0.365. The molecule has 0 spiro atoms. The maximum Gasteiger partial charge on any atom is 0.303 e. The molecule has 4 heteroatoms. The number of carboxylic acids is 1. The Kier molecular flexibility index (Phi) is 16.2. The summed E-state index contributed by atoms with van der Waals surface area (Å²) >= 11 is 1.86. The summed E-state index contributed by atoms with van der Waals surface area (Å²) < 4.78 is 0. The predicted molar refractivity (Wildman–Crippen MR) is 95.2 cm³/mol. The molecule has 0 aromatic heterocycles.